The van der Waals surface area contributed by atoms with E-state index in [4.69, 9.17) is 9.47 Å². The van der Waals surface area contributed by atoms with Crippen molar-refractivity contribution in [2.75, 3.05) is 24.6 Å². The predicted molar refractivity (Wildman–Crippen MR) is 128 cm³/mol. The Balaban J connectivity index is 1.78. The minimum atomic E-state index is -4.25. The Morgan fingerprint density at radius 2 is 1.68 bits per heavy atom. The fraction of sp³-hybridized carbons (Fsp3) is 0.240. The number of nitrogens with zero attached hydrogens (tertiary/aromatic N) is 1. The molecular formula is C25H27FN2O5S. The standard InChI is InChI=1S/C25H27FN2O5S/c1-18-8-4-7-11-24(18)33-17-19(2)27-25(29)16-28(23-10-6-5-9-22(23)26)34(30,31)21-14-12-20(32-3)13-15-21/h4-15,19H,16-17H2,1-3H3,(H,27,29). The average molecular weight is 487 g/mol. The van der Waals surface area contributed by atoms with Crippen LogP contribution < -0.4 is 19.1 Å². The molecule has 3 aromatic rings. The minimum Gasteiger partial charge on any atom is -0.497 e. The van der Waals surface area contributed by atoms with Gasteiger partial charge in [-0.15, -0.1) is 0 Å². The molecule has 0 aliphatic rings. The minimum absolute atomic E-state index is 0.0970. The number of carbonyl (C=O) groups excluding carboxylic acids is 1. The summed E-state index contributed by atoms with van der Waals surface area (Å²) in [6.45, 7) is 3.22. The van der Waals surface area contributed by atoms with Gasteiger partial charge in [-0.1, -0.05) is 30.3 Å². The van der Waals surface area contributed by atoms with E-state index in [1.807, 2.05) is 31.2 Å². The van der Waals surface area contributed by atoms with Gasteiger partial charge in [0.25, 0.3) is 10.0 Å². The van der Waals surface area contributed by atoms with E-state index in [2.05, 4.69) is 5.32 Å². The molecule has 34 heavy (non-hydrogen) atoms. The molecule has 1 N–H and O–H groups in total. The van der Waals surface area contributed by atoms with Crippen LogP contribution in [0.25, 0.3) is 0 Å². The number of amides is 1. The number of rotatable bonds is 10. The van der Waals surface area contributed by atoms with E-state index in [1.54, 1.807) is 6.92 Å². The molecule has 180 valence electrons. The van der Waals surface area contributed by atoms with Crippen molar-refractivity contribution in [1.29, 1.82) is 0 Å². The first kappa shape index (κ1) is 25.0. The lowest BCUT2D eigenvalue weighted by atomic mass is 10.2. The first-order valence-corrected chi connectivity index (χ1v) is 12.1. The first-order valence-electron chi connectivity index (χ1n) is 10.6. The van der Waals surface area contributed by atoms with E-state index >= 15 is 0 Å². The molecule has 0 heterocycles. The quantitative estimate of drug-likeness (QED) is 0.470. The molecule has 9 heteroatoms. The number of aryl methyl sites for hydroxylation is 1. The molecular weight excluding hydrogens is 459 g/mol. The number of carbonyl (C=O) groups is 1. The molecule has 0 aliphatic carbocycles. The van der Waals surface area contributed by atoms with Crippen molar-refractivity contribution < 1.29 is 27.1 Å². The van der Waals surface area contributed by atoms with Crippen LogP contribution in [0.3, 0.4) is 0 Å². The molecule has 0 radical (unpaired) electrons. The number of anilines is 1. The molecule has 7 nitrogen and oxygen atoms in total. The Kier molecular flexibility index (Phi) is 8.12. The van der Waals surface area contributed by atoms with E-state index in [9.17, 15) is 17.6 Å². The number of sulfonamides is 1. The maximum absolute atomic E-state index is 14.6. The van der Waals surface area contributed by atoms with Crippen LogP contribution >= 0.6 is 0 Å². The fourth-order valence-corrected chi connectivity index (χ4v) is 4.68. The fourth-order valence-electron chi connectivity index (χ4n) is 3.25. The molecule has 0 spiro atoms. The highest BCUT2D eigenvalue weighted by Crippen LogP contribution is 2.27. The third-order valence-corrected chi connectivity index (χ3v) is 6.82. The van der Waals surface area contributed by atoms with E-state index in [-0.39, 0.29) is 17.2 Å². The Morgan fingerprint density at radius 1 is 1.03 bits per heavy atom. The van der Waals surface area contributed by atoms with Gasteiger partial charge >= 0.3 is 0 Å². The second-order valence-electron chi connectivity index (χ2n) is 7.68. The van der Waals surface area contributed by atoms with Gasteiger partial charge in [0.2, 0.25) is 5.91 Å². The van der Waals surface area contributed by atoms with Crippen LogP contribution in [-0.2, 0) is 14.8 Å². The summed E-state index contributed by atoms with van der Waals surface area (Å²) in [6.07, 6.45) is 0. The van der Waals surface area contributed by atoms with Crippen molar-refractivity contribution in [2.45, 2.75) is 24.8 Å². The van der Waals surface area contributed by atoms with Crippen molar-refractivity contribution in [1.82, 2.24) is 5.32 Å². The van der Waals surface area contributed by atoms with E-state index in [1.165, 1.54) is 49.6 Å². The molecule has 1 unspecified atom stereocenters. The molecule has 0 saturated heterocycles. The van der Waals surface area contributed by atoms with Gasteiger partial charge in [0.15, 0.2) is 0 Å². The van der Waals surface area contributed by atoms with Crippen LogP contribution in [0.15, 0.2) is 77.7 Å². The molecule has 0 aromatic heterocycles. The average Bonchev–Trinajstić information content (AvgIpc) is 2.82. The highest BCUT2D eigenvalue weighted by atomic mass is 32.2. The molecule has 0 bridgehead atoms. The summed E-state index contributed by atoms with van der Waals surface area (Å²) in [7, 11) is -2.79. The van der Waals surface area contributed by atoms with Crippen LogP contribution in [-0.4, -0.2) is 40.6 Å². The number of benzene rings is 3. The summed E-state index contributed by atoms with van der Waals surface area (Å²) in [5.74, 6) is -0.195. The van der Waals surface area contributed by atoms with Crippen molar-refractivity contribution in [3.63, 3.8) is 0 Å². The summed E-state index contributed by atoms with van der Waals surface area (Å²) < 4.78 is 52.9. The summed E-state index contributed by atoms with van der Waals surface area (Å²) in [4.78, 5) is 12.7. The van der Waals surface area contributed by atoms with Gasteiger partial charge in [-0.25, -0.2) is 12.8 Å². The highest BCUT2D eigenvalue weighted by molar-refractivity contribution is 7.92. The number of para-hydroxylation sites is 2. The first-order chi connectivity index (χ1) is 16.2. The van der Waals surface area contributed by atoms with Crippen molar-refractivity contribution in [3.8, 4) is 11.5 Å². The predicted octanol–water partition coefficient (Wildman–Crippen LogP) is 3.92. The number of ether oxygens (including phenoxy) is 2. The van der Waals surface area contributed by atoms with Gasteiger partial charge < -0.3 is 14.8 Å². The summed E-state index contributed by atoms with van der Waals surface area (Å²) in [5, 5.41) is 2.72. The largest absolute Gasteiger partial charge is 0.497 e. The molecule has 1 atom stereocenters. The monoisotopic (exact) mass is 486 g/mol. The van der Waals surface area contributed by atoms with Crippen molar-refractivity contribution >= 4 is 21.6 Å². The van der Waals surface area contributed by atoms with Gasteiger partial charge in [0.05, 0.1) is 23.7 Å². The van der Waals surface area contributed by atoms with Crippen molar-refractivity contribution in [2.24, 2.45) is 0 Å². The van der Waals surface area contributed by atoms with Gasteiger partial charge in [0, 0.05) is 0 Å². The third-order valence-electron chi connectivity index (χ3n) is 5.05. The maximum Gasteiger partial charge on any atom is 0.264 e. The lowest BCUT2D eigenvalue weighted by molar-refractivity contribution is -0.120. The molecule has 3 aromatic carbocycles. The SMILES string of the molecule is COc1ccc(S(=O)(=O)N(CC(=O)NC(C)COc2ccccc2C)c2ccccc2F)cc1. The Morgan fingerprint density at radius 3 is 2.32 bits per heavy atom. The topological polar surface area (TPSA) is 84.9 Å². The zero-order valence-corrected chi connectivity index (χ0v) is 20.0. The van der Waals surface area contributed by atoms with Gasteiger partial charge in [-0.05, 0) is 61.9 Å². The van der Waals surface area contributed by atoms with Gasteiger partial charge in [0.1, 0.15) is 30.5 Å². The van der Waals surface area contributed by atoms with Gasteiger partial charge in [-0.2, -0.15) is 0 Å². The number of methoxy groups -OCH3 is 1. The van der Waals surface area contributed by atoms with Gasteiger partial charge in [-0.3, -0.25) is 9.10 Å². The summed E-state index contributed by atoms with van der Waals surface area (Å²) in [5.41, 5.74) is 0.731. The lowest BCUT2D eigenvalue weighted by Gasteiger charge is -2.25. The number of nitrogens with one attached hydrogen (secondary N) is 1. The number of halogens is 1. The smallest absolute Gasteiger partial charge is 0.264 e. The van der Waals surface area contributed by atoms with Crippen LogP contribution in [0.4, 0.5) is 10.1 Å². The maximum atomic E-state index is 14.6. The normalized spacial score (nSPS) is 12.0. The third kappa shape index (κ3) is 6.05. The van der Waals surface area contributed by atoms with Crippen LogP contribution in [0.2, 0.25) is 0 Å². The Bertz CT molecular complexity index is 1230. The van der Waals surface area contributed by atoms with E-state index in [0.29, 0.717) is 11.5 Å². The summed E-state index contributed by atoms with van der Waals surface area (Å²) in [6, 6.07) is 18.1. The van der Waals surface area contributed by atoms with E-state index in [0.717, 1.165) is 15.9 Å². The zero-order valence-electron chi connectivity index (χ0n) is 19.2. The van der Waals surface area contributed by atoms with E-state index < -0.39 is 34.3 Å². The number of hydrogen-bond acceptors (Lipinski definition) is 5. The zero-order chi connectivity index (χ0) is 24.7. The molecule has 1 amide bonds. The molecule has 0 fully saturated rings. The Hall–Kier alpha value is -3.59. The second kappa shape index (κ2) is 11.0. The summed E-state index contributed by atoms with van der Waals surface area (Å²) >= 11 is 0. The molecule has 0 saturated carbocycles. The molecule has 0 aliphatic heterocycles. The van der Waals surface area contributed by atoms with Crippen LogP contribution in [0, 0.1) is 12.7 Å². The van der Waals surface area contributed by atoms with Crippen molar-refractivity contribution in [3.05, 3.63) is 84.2 Å². The highest BCUT2D eigenvalue weighted by Gasteiger charge is 2.29. The lowest BCUT2D eigenvalue weighted by Crippen LogP contribution is -2.45. The molecule has 3 rings (SSSR count). The van der Waals surface area contributed by atoms with Crippen LogP contribution in [0.5, 0.6) is 11.5 Å². The Labute approximate surface area is 199 Å². The number of hydrogen-bond donors (Lipinski definition) is 1. The second-order valence-corrected chi connectivity index (χ2v) is 9.55. The van der Waals surface area contributed by atoms with Crippen LogP contribution in [0.1, 0.15) is 12.5 Å².